The van der Waals surface area contributed by atoms with Crippen molar-refractivity contribution in [1.82, 2.24) is 15.5 Å². The number of aliphatic carboxylic acids is 1. The number of carbonyl (C=O) groups is 4. The molecule has 1 aliphatic heterocycles. The van der Waals surface area contributed by atoms with E-state index in [1.165, 1.54) is 11.6 Å². The third kappa shape index (κ3) is 8.53. The van der Waals surface area contributed by atoms with Gasteiger partial charge in [-0.05, 0) is 55.3 Å². The number of thiophene rings is 1. The summed E-state index contributed by atoms with van der Waals surface area (Å²) < 4.78 is 5.59. The van der Waals surface area contributed by atoms with Crippen LogP contribution in [0, 0.1) is 0 Å². The molecule has 1 aliphatic rings. The van der Waals surface area contributed by atoms with Gasteiger partial charge < -0.3 is 30.7 Å². The van der Waals surface area contributed by atoms with Gasteiger partial charge in [0.25, 0.3) is 0 Å². The lowest BCUT2D eigenvalue weighted by Gasteiger charge is -2.19. The van der Waals surface area contributed by atoms with Gasteiger partial charge in [-0.25, -0.2) is 4.79 Å². The summed E-state index contributed by atoms with van der Waals surface area (Å²) in [4.78, 5) is 50.3. The third-order valence-corrected chi connectivity index (χ3v) is 6.53. The minimum absolute atomic E-state index is 0.243. The van der Waals surface area contributed by atoms with Crippen molar-refractivity contribution in [2.75, 3.05) is 32.0 Å². The highest BCUT2D eigenvalue weighted by Gasteiger charge is 2.24. The molecule has 3 rings (SSSR count). The maximum atomic E-state index is 13.0. The normalized spacial score (nSPS) is 14.2. The van der Waals surface area contributed by atoms with Gasteiger partial charge in [0.1, 0.15) is 6.04 Å². The van der Waals surface area contributed by atoms with Crippen molar-refractivity contribution in [2.45, 2.75) is 31.7 Å². The van der Waals surface area contributed by atoms with Crippen LogP contribution in [0.25, 0.3) is 0 Å². The van der Waals surface area contributed by atoms with E-state index in [0.717, 1.165) is 42.8 Å². The first-order valence-electron chi connectivity index (χ1n) is 11.0. The SMILES string of the molecule is CN1CCc2ccc(NC(=O)[C@@H](CNC(=O)CCC(=O)O)NC(=O)Oc3ccc(Cl)s3)cc2CC1. The lowest BCUT2D eigenvalue weighted by Crippen LogP contribution is -2.51. The van der Waals surface area contributed by atoms with Crippen molar-refractivity contribution < 1.29 is 29.0 Å². The average molecular weight is 523 g/mol. The minimum Gasteiger partial charge on any atom is -0.481 e. The molecule has 188 valence electrons. The summed E-state index contributed by atoms with van der Waals surface area (Å²) in [6.45, 7) is 1.62. The van der Waals surface area contributed by atoms with Gasteiger partial charge in [-0.3, -0.25) is 14.4 Å². The molecule has 2 aromatic rings. The van der Waals surface area contributed by atoms with Crippen LogP contribution in [0.3, 0.4) is 0 Å². The topological polar surface area (TPSA) is 137 Å². The van der Waals surface area contributed by atoms with E-state index in [-0.39, 0.29) is 24.4 Å². The summed E-state index contributed by atoms with van der Waals surface area (Å²) in [5.74, 6) is -2.23. The second-order valence-electron chi connectivity index (χ2n) is 8.12. The molecule has 2 heterocycles. The molecule has 4 N–H and O–H groups in total. The zero-order chi connectivity index (χ0) is 25.4. The van der Waals surface area contributed by atoms with Gasteiger partial charge >= 0.3 is 12.1 Å². The molecule has 0 saturated carbocycles. The van der Waals surface area contributed by atoms with Crippen LogP contribution < -0.4 is 20.7 Å². The minimum atomic E-state index is -1.17. The number of anilines is 1. The fourth-order valence-corrected chi connectivity index (χ4v) is 4.37. The highest BCUT2D eigenvalue weighted by atomic mass is 35.5. The number of likely N-dealkylation sites (N-methyl/N-ethyl adjacent to an activating group) is 1. The number of nitrogens with zero attached hydrogens (tertiary/aromatic N) is 1. The summed E-state index contributed by atoms with van der Waals surface area (Å²) in [6, 6.07) is 7.61. The molecule has 10 nitrogen and oxygen atoms in total. The number of carboxylic acid groups (broad SMARTS) is 1. The summed E-state index contributed by atoms with van der Waals surface area (Å²) in [6.07, 6.45) is 0.286. The van der Waals surface area contributed by atoms with Crippen molar-refractivity contribution in [3.8, 4) is 5.06 Å². The van der Waals surface area contributed by atoms with Gasteiger partial charge in [-0.2, -0.15) is 0 Å². The van der Waals surface area contributed by atoms with Crippen molar-refractivity contribution >= 4 is 52.5 Å². The highest BCUT2D eigenvalue weighted by molar-refractivity contribution is 7.17. The van der Waals surface area contributed by atoms with Crippen LogP contribution in [0.1, 0.15) is 24.0 Å². The molecule has 0 spiro atoms. The molecule has 0 radical (unpaired) electrons. The Bertz CT molecular complexity index is 1090. The number of hydrogen-bond donors (Lipinski definition) is 4. The molecule has 1 aromatic heterocycles. The largest absolute Gasteiger partial charge is 0.481 e. The van der Waals surface area contributed by atoms with E-state index in [9.17, 15) is 19.2 Å². The predicted octanol–water partition coefficient (Wildman–Crippen LogP) is 2.51. The van der Waals surface area contributed by atoms with Gasteiger partial charge in [0.15, 0.2) is 5.06 Å². The number of nitrogens with one attached hydrogen (secondary N) is 3. The Morgan fingerprint density at radius 2 is 1.86 bits per heavy atom. The van der Waals surface area contributed by atoms with E-state index in [4.69, 9.17) is 21.4 Å². The molecular weight excluding hydrogens is 496 g/mol. The lowest BCUT2D eigenvalue weighted by molar-refractivity contribution is -0.138. The third-order valence-electron chi connectivity index (χ3n) is 5.42. The van der Waals surface area contributed by atoms with E-state index >= 15 is 0 Å². The van der Waals surface area contributed by atoms with Gasteiger partial charge in [-0.1, -0.05) is 29.0 Å². The Morgan fingerprint density at radius 1 is 1.11 bits per heavy atom. The van der Waals surface area contributed by atoms with E-state index in [2.05, 4.69) is 27.9 Å². The maximum absolute atomic E-state index is 13.0. The molecule has 35 heavy (non-hydrogen) atoms. The summed E-state index contributed by atoms with van der Waals surface area (Å²) >= 11 is 6.90. The van der Waals surface area contributed by atoms with Crippen molar-refractivity contribution in [3.05, 3.63) is 45.8 Å². The Morgan fingerprint density at radius 3 is 2.54 bits per heavy atom. The van der Waals surface area contributed by atoms with Gasteiger partial charge in [0.2, 0.25) is 11.8 Å². The van der Waals surface area contributed by atoms with Crippen LogP contribution in [0.5, 0.6) is 5.06 Å². The first-order valence-corrected chi connectivity index (χ1v) is 12.2. The van der Waals surface area contributed by atoms with Crippen LogP contribution in [0.15, 0.2) is 30.3 Å². The summed E-state index contributed by atoms with van der Waals surface area (Å²) in [5.41, 5.74) is 2.94. The number of amides is 3. The molecule has 0 saturated heterocycles. The predicted molar refractivity (Wildman–Crippen MR) is 132 cm³/mol. The zero-order valence-electron chi connectivity index (χ0n) is 19.1. The van der Waals surface area contributed by atoms with Gasteiger partial charge in [-0.15, -0.1) is 0 Å². The summed E-state index contributed by atoms with van der Waals surface area (Å²) in [7, 11) is 2.07. The number of carbonyl (C=O) groups excluding carboxylic acids is 3. The van der Waals surface area contributed by atoms with E-state index in [0.29, 0.717) is 10.0 Å². The Hall–Kier alpha value is -3.15. The number of halogens is 1. The first-order chi connectivity index (χ1) is 16.7. The van der Waals surface area contributed by atoms with Crippen LogP contribution in [-0.2, 0) is 27.2 Å². The molecular formula is C23H27ClN4O6S. The van der Waals surface area contributed by atoms with Gasteiger partial charge in [0.05, 0.1) is 10.8 Å². The van der Waals surface area contributed by atoms with Crippen LogP contribution in [0.4, 0.5) is 10.5 Å². The Balaban J connectivity index is 1.66. The Labute approximate surface area is 211 Å². The fraction of sp³-hybridized carbons (Fsp3) is 0.391. The number of benzene rings is 1. The first kappa shape index (κ1) is 26.5. The number of carboxylic acids is 1. The Kier molecular flexibility index (Phi) is 9.47. The maximum Gasteiger partial charge on any atom is 0.414 e. The van der Waals surface area contributed by atoms with E-state index in [1.807, 2.05) is 12.1 Å². The molecule has 0 aliphatic carbocycles. The van der Waals surface area contributed by atoms with Crippen molar-refractivity contribution in [2.24, 2.45) is 0 Å². The number of ether oxygens (including phenoxy) is 1. The number of fused-ring (bicyclic) bond motifs is 1. The number of hydrogen-bond acceptors (Lipinski definition) is 7. The molecule has 1 aromatic carbocycles. The number of rotatable bonds is 9. The monoisotopic (exact) mass is 522 g/mol. The van der Waals surface area contributed by atoms with Gasteiger partial charge in [0, 0.05) is 31.7 Å². The average Bonchev–Trinajstić information content (AvgIpc) is 3.12. The quantitative estimate of drug-likeness (QED) is 0.397. The van der Waals surface area contributed by atoms with Crippen LogP contribution in [0.2, 0.25) is 4.34 Å². The zero-order valence-corrected chi connectivity index (χ0v) is 20.7. The van der Waals surface area contributed by atoms with Crippen molar-refractivity contribution in [3.63, 3.8) is 0 Å². The molecule has 0 fully saturated rings. The summed E-state index contributed by atoms with van der Waals surface area (Å²) in [5, 5.41) is 16.7. The second kappa shape index (κ2) is 12.5. The van der Waals surface area contributed by atoms with E-state index < -0.39 is 29.9 Å². The van der Waals surface area contributed by atoms with Crippen LogP contribution in [-0.4, -0.2) is 66.6 Å². The van der Waals surface area contributed by atoms with Crippen LogP contribution >= 0.6 is 22.9 Å². The molecule has 3 amide bonds. The van der Waals surface area contributed by atoms with Crippen molar-refractivity contribution in [1.29, 1.82) is 0 Å². The molecule has 12 heteroatoms. The fourth-order valence-electron chi connectivity index (χ4n) is 3.49. The second-order valence-corrected chi connectivity index (χ2v) is 9.80. The lowest BCUT2D eigenvalue weighted by atomic mass is 10.0. The molecule has 0 bridgehead atoms. The molecule has 1 atom stereocenters. The van der Waals surface area contributed by atoms with E-state index in [1.54, 1.807) is 12.1 Å². The molecule has 0 unspecified atom stereocenters. The smallest absolute Gasteiger partial charge is 0.414 e. The highest BCUT2D eigenvalue weighted by Crippen LogP contribution is 2.28. The standard InChI is InChI=1S/C23H27ClN4O6S/c1-28-10-8-14-2-3-16(12-15(14)9-11-28)26-22(32)17(13-25-19(29)5-6-20(30)31)27-23(33)34-21-7-4-18(24)35-21/h2-4,7,12,17H,5-6,8-11,13H2,1H3,(H,25,29)(H,26,32)(H,27,33)(H,30,31)/t17-/m1/s1.